The van der Waals surface area contributed by atoms with E-state index in [-0.39, 0.29) is 11.9 Å². The lowest BCUT2D eigenvalue weighted by molar-refractivity contribution is 0.549. The lowest BCUT2D eigenvalue weighted by Crippen LogP contribution is -2.22. The third-order valence-electron chi connectivity index (χ3n) is 6.39. The molecule has 0 bridgehead atoms. The first-order valence-electron chi connectivity index (χ1n) is 11.6. The predicted octanol–water partition coefficient (Wildman–Crippen LogP) is 7.54. The SMILES string of the molecule is CCCCCCCCCN[C@@H]1C(c2cccc(F)c2)=C(C2CC2)c2ccccc21. The Hall–Kier alpha value is -1.93. The van der Waals surface area contributed by atoms with Crippen molar-refractivity contribution in [1.82, 2.24) is 5.32 Å². The van der Waals surface area contributed by atoms with Gasteiger partial charge in [0.05, 0.1) is 6.04 Å². The van der Waals surface area contributed by atoms with Gasteiger partial charge in [-0.2, -0.15) is 0 Å². The molecule has 0 unspecified atom stereocenters. The summed E-state index contributed by atoms with van der Waals surface area (Å²) in [5.74, 6) is 0.492. The smallest absolute Gasteiger partial charge is 0.123 e. The molecule has 1 fully saturated rings. The highest BCUT2D eigenvalue weighted by Gasteiger charge is 2.39. The van der Waals surface area contributed by atoms with Crippen LogP contribution in [0.5, 0.6) is 0 Å². The van der Waals surface area contributed by atoms with Crippen molar-refractivity contribution in [2.75, 3.05) is 6.54 Å². The van der Waals surface area contributed by atoms with Crippen molar-refractivity contribution in [2.24, 2.45) is 5.92 Å². The predicted molar refractivity (Wildman–Crippen MR) is 121 cm³/mol. The van der Waals surface area contributed by atoms with E-state index in [9.17, 15) is 4.39 Å². The van der Waals surface area contributed by atoms with E-state index in [0.29, 0.717) is 5.92 Å². The van der Waals surface area contributed by atoms with Crippen LogP contribution in [0.4, 0.5) is 4.39 Å². The van der Waals surface area contributed by atoms with Crippen LogP contribution in [0.3, 0.4) is 0 Å². The maximum atomic E-state index is 14.1. The van der Waals surface area contributed by atoms with Crippen molar-refractivity contribution in [1.29, 1.82) is 0 Å². The summed E-state index contributed by atoms with van der Waals surface area (Å²) in [6.45, 7) is 3.28. The molecule has 0 saturated heterocycles. The van der Waals surface area contributed by atoms with E-state index >= 15 is 0 Å². The number of nitrogens with one attached hydrogen (secondary N) is 1. The van der Waals surface area contributed by atoms with Gasteiger partial charge in [0.15, 0.2) is 0 Å². The fourth-order valence-corrected chi connectivity index (χ4v) is 4.78. The van der Waals surface area contributed by atoms with E-state index in [1.807, 2.05) is 6.07 Å². The first kappa shape index (κ1) is 20.3. The molecule has 29 heavy (non-hydrogen) atoms. The first-order chi connectivity index (χ1) is 14.3. The van der Waals surface area contributed by atoms with Gasteiger partial charge in [0.25, 0.3) is 0 Å². The van der Waals surface area contributed by atoms with Crippen molar-refractivity contribution in [3.63, 3.8) is 0 Å². The second kappa shape index (κ2) is 9.71. The van der Waals surface area contributed by atoms with Gasteiger partial charge in [-0.1, -0.05) is 81.8 Å². The molecule has 1 nitrogen and oxygen atoms in total. The molecular formula is C27H34FN. The van der Waals surface area contributed by atoms with E-state index in [2.05, 4.69) is 42.6 Å². The summed E-state index contributed by atoms with van der Waals surface area (Å²) in [4.78, 5) is 0. The maximum absolute atomic E-state index is 14.1. The number of halogens is 1. The molecule has 0 aliphatic heterocycles. The number of hydrogen-bond donors (Lipinski definition) is 1. The Kier molecular flexibility index (Phi) is 6.82. The van der Waals surface area contributed by atoms with E-state index in [4.69, 9.17) is 0 Å². The average Bonchev–Trinajstić information content (AvgIpc) is 3.52. The van der Waals surface area contributed by atoms with Gasteiger partial charge in [-0.25, -0.2) is 4.39 Å². The van der Waals surface area contributed by atoms with Crippen molar-refractivity contribution < 1.29 is 4.39 Å². The third kappa shape index (κ3) is 4.80. The minimum atomic E-state index is -0.146. The molecular weight excluding hydrogens is 357 g/mol. The molecule has 154 valence electrons. The summed E-state index contributed by atoms with van der Waals surface area (Å²) in [6.07, 6.45) is 11.8. The highest BCUT2D eigenvalue weighted by Crippen LogP contribution is 2.54. The van der Waals surface area contributed by atoms with Gasteiger partial charge in [-0.3, -0.25) is 0 Å². The minimum Gasteiger partial charge on any atom is -0.306 e. The molecule has 4 rings (SSSR count). The molecule has 2 heteroatoms. The zero-order valence-electron chi connectivity index (χ0n) is 17.7. The summed E-state index contributed by atoms with van der Waals surface area (Å²) in [5.41, 5.74) is 6.57. The van der Waals surface area contributed by atoms with Crippen molar-refractivity contribution in [3.05, 3.63) is 71.0 Å². The highest BCUT2D eigenvalue weighted by atomic mass is 19.1. The summed E-state index contributed by atoms with van der Waals surface area (Å²) < 4.78 is 14.1. The number of allylic oxidation sites excluding steroid dienone is 1. The van der Waals surface area contributed by atoms with Gasteiger partial charge in [-0.15, -0.1) is 0 Å². The van der Waals surface area contributed by atoms with Crippen LogP contribution in [-0.2, 0) is 0 Å². The van der Waals surface area contributed by atoms with Gasteiger partial charge in [0, 0.05) is 0 Å². The van der Waals surface area contributed by atoms with Gasteiger partial charge in [0.2, 0.25) is 0 Å². The Bertz CT molecular complexity index is 849. The van der Waals surface area contributed by atoms with Gasteiger partial charge in [-0.05, 0) is 71.7 Å². The zero-order chi connectivity index (χ0) is 20.1. The van der Waals surface area contributed by atoms with Crippen molar-refractivity contribution in [3.8, 4) is 0 Å². The van der Waals surface area contributed by atoms with Crippen LogP contribution in [0.25, 0.3) is 11.1 Å². The summed E-state index contributed by atoms with van der Waals surface area (Å²) in [5, 5.41) is 3.84. The topological polar surface area (TPSA) is 12.0 Å². The van der Waals surface area contributed by atoms with Crippen LogP contribution in [0, 0.1) is 11.7 Å². The summed E-state index contributed by atoms with van der Waals surface area (Å²) >= 11 is 0. The lowest BCUT2D eigenvalue weighted by atomic mass is 9.94. The molecule has 2 aliphatic rings. The molecule has 2 aliphatic carbocycles. The standard InChI is InChI=1S/C27H34FN/c1-2-3-4-5-6-7-10-18-29-27-24-15-9-8-14-23(24)25(20-16-17-20)26(27)21-12-11-13-22(28)19-21/h8-9,11-15,19-20,27,29H,2-7,10,16-18H2,1H3/t27-/m0/s1. The fraction of sp³-hybridized carbons (Fsp3) is 0.481. The van der Waals surface area contributed by atoms with Crippen molar-refractivity contribution in [2.45, 2.75) is 70.8 Å². The quantitative estimate of drug-likeness (QED) is 0.390. The molecule has 0 radical (unpaired) electrons. The Morgan fingerprint density at radius 1 is 0.862 bits per heavy atom. The Balaban J connectivity index is 1.50. The van der Waals surface area contributed by atoms with Crippen LogP contribution in [0.2, 0.25) is 0 Å². The van der Waals surface area contributed by atoms with Crippen molar-refractivity contribution >= 4 is 11.1 Å². The number of hydrogen-bond acceptors (Lipinski definition) is 1. The zero-order valence-corrected chi connectivity index (χ0v) is 17.7. The molecule has 1 saturated carbocycles. The third-order valence-corrected chi connectivity index (χ3v) is 6.39. The van der Waals surface area contributed by atoms with Crippen LogP contribution >= 0.6 is 0 Å². The molecule has 1 atom stereocenters. The Labute approximate surface area is 175 Å². The molecule has 0 amide bonds. The molecule has 2 aromatic carbocycles. The summed E-state index contributed by atoms with van der Waals surface area (Å²) in [7, 11) is 0. The average molecular weight is 392 g/mol. The van der Waals surface area contributed by atoms with E-state index < -0.39 is 0 Å². The molecule has 0 aromatic heterocycles. The second-order valence-corrected chi connectivity index (χ2v) is 8.71. The number of fused-ring (bicyclic) bond motifs is 1. The van der Waals surface area contributed by atoms with Gasteiger partial charge in [0.1, 0.15) is 5.82 Å². The fourth-order valence-electron chi connectivity index (χ4n) is 4.78. The second-order valence-electron chi connectivity index (χ2n) is 8.71. The lowest BCUT2D eigenvalue weighted by Gasteiger charge is -2.20. The van der Waals surface area contributed by atoms with Gasteiger partial charge < -0.3 is 5.32 Å². The summed E-state index contributed by atoms with van der Waals surface area (Å²) in [6, 6.07) is 16.2. The largest absolute Gasteiger partial charge is 0.306 e. The number of unbranched alkanes of at least 4 members (excludes halogenated alkanes) is 6. The van der Waals surface area contributed by atoms with Gasteiger partial charge >= 0.3 is 0 Å². The molecule has 0 spiro atoms. The Morgan fingerprint density at radius 2 is 1.62 bits per heavy atom. The van der Waals surface area contributed by atoms with Crippen LogP contribution in [0.1, 0.15) is 87.4 Å². The molecule has 1 N–H and O–H groups in total. The van der Waals surface area contributed by atoms with E-state index in [1.165, 1.54) is 80.1 Å². The van der Waals surface area contributed by atoms with Crippen LogP contribution in [-0.4, -0.2) is 6.54 Å². The van der Waals surface area contributed by atoms with E-state index in [0.717, 1.165) is 12.1 Å². The monoisotopic (exact) mass is 391 g/mol. The van der Waals surface area contributed by atoms with Crippen LogP contribution < -0.4 is 5.32 Å². The minimum absolute atomic E-state index is 0.146. The normalized spacial score (nSPS) is 18.3. The molecule has 2 aromatic rings. The highest BCUT2D eigenvalue weighted by molar-refractivity contribution is 6.00. The van der Waals surface area contributed by atoms with E-state index in [1.54, 1.807) is 12.1 Å². The number of benzene rings is 2. The Morgan fingerprint density at radius 3 is 2.38 bits per heavy atom. The number of rotatable bonds is 11. The molecule has 0 heterocycles. The maximum Gasteiger partial charge on any atom is 0.123 e. The first-order valence-corrected chi connectivity index (χ1v) is 11.6. The van der Waals surface area contributed by atoms with Crippen LogP contribution in [0.15, 0.2) is 48.5 Å².